The highest BCUT2D eigenvalue weighted by Crippen LogP contribution is 2.20. The molecule has 0 aliphatic carbocycles. The average Bonchev–Trinajstić information content (AvgIpc) is 2.61. The van der Waals surface area contributed by atoms with Gasteiger partial charge in [-0.15, -0.1) is 0 Å². The number of amides is 1. The molecule has 1 atom stereocenters. The lowest BCUT2D eigenvalue weighted by atomic mass is 10.1. The van der Waals surface area contributed by atoms with E-state index in [1.54, 1.807) is 23.1 Å². The Labute approximate surface area is 151 Å². The average molecular weight is 360 g/mol. The van der Waals surface area contributed by atoms with E-state index >= 15 is 0 Å². The zero-order chi connectivity index (χ0) is 18.4. The Kier molecular flexibility index (Phi) is 6.73. The van der Waals surface area contributed by atoms with Crippen LogP contribution in [0.3, 0.4) is 0 Å². The summed E-state index contributed by atoms with van der Waals surface area (Å²) in [6.07, 6.45) is 0. The molecule has 1 unspecified atom stereocenters. The maximum atomic E-state index is 12.5. The highest BCUT2D eigenvalue weighted by atomic mass is 32.2. The Hall–Kier alpha value is -2.18. The molecule has 5 nitrogen and oxygen atoms in total. The third kappa shape index (κ3) is 4.90. The molecule has 0 bridgehead atoms. The summed E-state index contributed by atoms with van der Waals surface area (Å²) in [5.41, 5.74) is 3.14. The lowest BCUT2D eigenvalue weighted by Crippen LogP contribution is -2.30. The van der Waals surface area contributed by atoms with Crippen LogP contribution in [-0.2, 0) is 17.8 Å². The van der Waals surface area contributed by atoms with Crippen molar-refractivity contribution in [3.8, 4) is 0 Å². The Morgan fingerprint density at radius 2 is 1.72 bits per heavy atom. The number of hydrogen-bond donors (Lipinski definition) is 1. The van der Waals surface area contributed by atoms with Crippen LogP contribution in [-0.4, -0.2) is 32.7 Å². The highest BCUT2D eigenvalue weighted by molar-refractivity contribution is 7.80. The molecule has 0 aromatic heterocycles. The fourth-order valence-corrected chi connectivity index (χ4v) is 3.17. The van der Waals surface area contributed by atoms with E-state index in [0.29, 0.717) is 24.3 Å². The largest absolute Gasteiger partial charge is 0.339 e. The molecule has 0 fully saturated rings. The van der Waals surface area contributed by atoms with Gasteiger partial charge in [-0.2, -0.15) is 0 Å². The lowest BCUT2D eigenvalue weighted by molar-refractivity contribution is 0.0773. The first-order valence-corrected chi connectivity index (χ1v) is 9.36. The maximum Gasteiger partial charge on any atom is 0.262 e. The van der Waals surface area contributed by atoms with E-state index < -0.39 is 11.3 Å². The molecule has 0 radical (unpaired) electrons. The number of rotatable bonds is 7. The number of anilines is 1. The van der Waals surface area contributed by atoms with Crippen molar-refractivity contribution in [2.24, 2.45) is 0 Å². The van der Waals surface area contributed by atoms with Gasteiger partial charge in [0.2, 0.25) is 0 Å². The summed E-state index contributed by atoms with van der Waals surface area (Å²) in [6.45, 7) is 7.39. The van der Waals surface area contributed by atoms with Crippen LogP contribution in [0.4, 0.5) is 5.69 Å². The van der Waals surface area contributed by atoms with E-state index in [1.165, 1.54) is 4.31 Å². The molecular weight excluding hydrogens is 336 g/mol. The SMILES string of the molecule is CCN(CC)C(=O)c1cccc(CN(c2ccc(C)cc2)S(=O)O)c1. The second-order valence-electron chi connectivity index (χ2n) is 5.78. The van der Waals surface area contributed by atoms with Gasteiger partial charge in [0.15, 0.2) is 0 Å². The molecule has 2 aromatic carbocycles. The van der Waals surface area contributed by atoms with Gasteiger partial charge >= 0.3 is 0 Å². The van der Waals surface area contributed by atoms with Gasteiger partial charge < -0.3 is 4.90 Å². The Bertz CT molecular complexity index is 743. The summed E-state index contributed by atoms with van der Waals surface area (Å²) in [5.74, 6) is -0.0288. The topological polar surface area (TPSA) is 60.9 Å². The Morgan fingerprint density at radius 1 is 1.08 bits per heavy atom. The van der Waals surface area contributed by atoms with E-state index in [2.05, 4.69) is 0 Å². The number of hydrogen-bond acceptors (Lipinski definition) is 2. The predicted molar refractivity (Wildman–Crippen MR) is 102 cm³/mol. The van der Waals surface area contributed by atoms with Crippen molar-refractivity contribution in [2.45, 2.75) is 27.3 Å². The fourth-order valence-electron chi connectivity index (χ4n) is 2.61. The van der Waals surface area contributed by atoms with Gasteiger partial charge in [0.1, 0.15) is 0 Å². The number of carbonyl (C=O) groups is 1. The summed E-state index contributed by atoms with van der Waals surface area (Å²) in [4.78, 5) is 14.2. The first-order valence-electron chi connectivity index (χ1n) is 8.29. The van der Waals surface area contributed by atoms with E-state index in [-0.39, 0.29) is 12.5 Å². The van der Waals surface area contributed by atoms with Crippen molar-refractivity contribution < 1.29 is 13.6 Å². The number of nitrogens with zero attached hydrogens (tertiary/aromatic N) is 2. The molecule has 0 saturated heterocycles. The minimum Gasteiger partial charge on any atom is -0.339 e. The molecule has 1 N–H and O–H groups in total. The minimum atomic E-state index is -2.15. The second kappa shape index (κ2) is 8.78. The van der Waals surface area contributed by atoms with Crippen LogP contribution in [0.2, 0.25) is 0 Å². The third-order valence-corrected chi connectivity index (χ3v) is 4.78. The van der Waals surface area contributed by atoms with E-state index in [4.69, 9.17) is 0 Å². The fraction of sp³-hybridized carbons (Fsp3) is 0.316. The summed E-state index contributed by atoms with van der Waals surface area (Å²) < 4.78 is 22.8. The zero-order valence-corrected chi connectivity index (χ0v) is 15.6. The van der Waals surface area contributed by atoms with Gasteiger partial charge in [-0.1, -0.05) is 29.8 Å². The molecule has 25 heavy (non-hydrogen) atoms. The van der Waals surface area contributed by atoms with Crippen molar-refractivity contribution in [2.75, 3.05) is 17.4 Å². The van der Waals surface area contributed by atoms with Crippen LogP contribution in [0, 0.1) is 6.92 Å². The number of carbonyl (C=O) groups excluding carboxylic acids is 1. The molecule has 0 heterocycles. The molecule has 0 aliphatic heterocycles. The quantitative estimate of drug-likeness (QED) is 0.767. The van der Waals surface area contributed by atoms with Crippen LogP contribution in [0.15, 0.2) is 48.5 Å². The van der Waals surface area contributed by atoms with Crippen molar-refractivity contribution >= 4 is 22.9 Å². The zero-order valence-electron chi connectivity index (χ0n) is 14.8. The molecule has 0 saturated carbocycles. The van der Waals surface area contributed by atoms with Crippen molar-refractivity contribution in [1.29, 1.82) is 0 Å². The molecule has 1 amide bonds. The van der Waals surface area contributed by atoms with E-state index in [1.807, 2.05) is 51.1 Å². The molecule has 2 rings (SSSR count). The Balaban J connectivity index is 2.25. The minimum absolute atomic E-state index is 0.0288. The van der Waals surface area contributed by atoms with Gasteiger partial charge in [0.25, 0.3) is 17.2 Å². The lowest BCUT2D eigenvalue weighted by Gasteiger charge is -2.22. The van der Waals surface area contributed by atoms with Crippen LogP contribution in [0.1, 0.15) is 35.3 Å². The van der Waals surface area contributed by atoms with Gasteiger partial charge in [0.05, 0.1) is 12.2 Å². The van der Waals surface area contributed by atoms with E-state index in [0.717, 1.165) is 11.1 Å². The molecular formula is C19H24N2O3S. The first kappa shape index (κ1) is 19.1. The van der Waals surface area contributed by atoms with Gasteiger partial charge in [0, 0.05) is 18.7 Å². The second-order valence-corrected chi connectivity index (χ2v) is 6.68. The summed E-state index contributed by atoms with van der Waals surface area (Å²) in [7, 11) is 0. The van der Waals surface area contributed by atoms with Crippen molar-refractivity contribution in [3.63, 3.8) is 0 Å². The van der Waals surface area contributed by atoms with Crippen molar-refractivity contribution in [1.82, 2.24) is 4.90 Å². The van der Waals surface area contributed by atoms with Crippen LogP contribution < -0.4 is 4.31 Å². The third-order valence-electron chi connectivity index (χ3n) is 4.06. The normalized spacial score (nSPS) is 11.8. The first-order chi connectivity index (χ1) is 12.0. The summed E-state index contributed by atoms with van der Waals surface area (Å²) in [5, 5.41) is 0. The van der Waals surface area contributed by atoms with Gasteiger partial charge in [-0.3, -0.25) is 13.7 Å². The molecule has 0 aliphatic rings. The van der Waals surface area contributed by atoms with Crippen molar-refractivity contribution in [3.05, 3.63) is 65.2 Å². The van der Waals surface area contributed by atoms with Gasteiger partial charge in [-0.05, 0) is 50.6 Å². The van der Waals surface area contributed by atoms with Gasteiger partial charge in [-0.25, -0.2) is 4.21 Å². The molecule has 6 heteroatoms. The summed E-state index contributed by atoms with van der Waals surface area (Å²) >= 11 is -2.15. The molecule has 134 valence electrons. The number of aryl methyl sites for hydroxylation is 1. The van der Waals surface area contributed by atoms with Crippen LogP contribution in [0.5, 0.6) is 0 Å². The number of benzene rings is 2. The summed E-state index contributed by atoms with van der Waals surface area (Å²) in [6, 6.07) is 14.6. The predicted octanol–water partition coefficient (Wildman–Crippen LogP) is 3.62. The van der Waals surface area contributed by atoms with E-state index in [9.17, 15) is 13.6 Å². The molecule has 0 spiro atoms. The highest BCUT2D eigenvalue weighted by Gasteiger charge is 2.16. The standard InChI is InChI=1S/C19H24N2O3S/c1-4-20(5-2)19(22)17-8-6-7-16(13-17)14-21(25(23)24)18-11-9-15(3)10-12-18/h6-13H,4-5,14H2,1-3H3,(H,23,24). The Morgan fingerprint density at radius 3 is 2.28 bits per heavy atom. The smallest absolute Gasteiger partial charge is 0.262 e. The maximum absolute atomic E-state index is 12.5. The monoisotopic (exact) mass is 360 g/mol. The molecule has 2 aromatic rings. The van der Waals surface area contributed by atoms with Crippen LogP contribution >= 0.6 is 0 Å². The van der Waals surface area contributed by atoms with Crippen LogP contribution in [0.25, 0.3) is 0 Å².